The second-order valence-electron chi connectivity index (χ2n) is 5.80. The predicted molar refractivity (Wildman–Crippen MR) is 81.2 cm³/mol. The molecule has 7 heteroatoms. The van der Waals surface area contributed by atoms with Crippen LogP contribution < -0.4 is 4.90 Å². The van der Waals surface area contributed by atoms with Crippen LogP contribution in [0.5, 0.6) is 0 Å². The molecule has 0 radical (unpaired) electrons. The van der Waals surface area contributed by atoms with E-state index < -0.39 is 17.6 Å². The largest absolute Gasteiger partial charge is 0.369 e. The van der Waals surface area contributed by atoms with Crippen molar-refractivity contribution < 1.29 is 14.4 Å². The lowest BCUT2D eigenvalue weighted by Crippen LogP contribution is -2.36. The Morgan fingerprint density at radius 2 is 2.14 bits per heavy atom. The van der Waals surface area contributed by atoms with Crippen molar-refractivity contribution in [3.63, 3.8) is 0 Å². The lowest BCUT2D eigenvalue weighted by Gasteiger charge is -2.21. The number of anilines is 1. The zero-order chi connectivity index (χ0) is 16.7. The molecule has 1 N–H and O–H groups in total. The van der Waals surface area contributed by atoms with E-state index >= 15 is 0 Å². The average molecular weight is 324 g/mol. The van der Waals surface area contributed by atoms with Crippen molar-refractivity contribution in [3.05, 3.63) is 21.9 Å². The highest BCUT2D eigenvalue weighted by atomic mass is 35.5. The van der Waals surface area contributed by atoms with E-state index in [-0.39, 0.29) is 16.4 Å². The summed E-state index contributed by atoms with van der Waals surface area (Å²) in [5, 5.41) is 23.6. The van der Waals surface area contributed by atoms with E-state index in [0.29, 0.717) is 17.8 Å². The number of hydrogen-bond donors (Lipinski definition) is 1. The summed E-state index contributed by atoms with van der Waals surface area (Å²) in [6.45, 7) is 7.59. The zero-order valence-corrected chi connectivity index (χ0v) is 13.7. The maximum Gasteiger partial charge on any atom is 0.273 e. The quantitative estimate of drug-likeness (QED) is 0.920. The third-order valence-corrected chi connectivity index (χ3v) is 4.54. The molecule has 1 atom stereocenters. The van der Waals surface area contributed by atoms with Gasteiger partial charge in [0, 0.05) is 11.0 Å². The molecule has 2 heterocycles. The Kier molecular flexibility index (Phi) is 4.32. The van der Waals surface area contributed by atoms with E-state index in [1.807, 2.05) is 26.8 Å². The number of amides is 1. The molecule has 6 nitrogen and oxygen atoms in total. The Labute approximate surface area is 133 Å². The van der Waals surface area contributed by atoms with Gasteiger partial charge in [-0.25, -0.2) is 0 Å². The Morgan fingerprint density at radius 1 is 1.50 bits per heavy atom. The molecule has 0 aromatic carbocycles. The third-order valence-electron chi connectivity index (χ3n) is 4.14. The molecule has 1 aromatic rings. The molecule has 0 saturated carbocycles. The van der Waals surface area contributed by atoms with Crippen molar-refractivity contribution in [1.29, 1.82) is 5.26 Å². The summed E-state index contributed by atoms with van der Waals surface area (Å²) in [6, 6.07) is 2.03. The summed E-state index contributed by atoms with van der Waals surface area (Å²) in [5.41, 5.74) is 0.158. The first-order valence-electron chi connectivity index (χ1n) is 7.10. The van der Waals surface area contributed by atoms with E-state index in [0.717, 1.165) is 11.3 Å². The summed E-state index contributed by atoms with van der Waals surface area (Å²) in [6.07, 6.45) is -0.0683. The number of halogens is 1. The van der Waals surface area contributed by atoms with Gasteiger partial charge in [-0.15, -0.1) is 0 Å². The van der Waals surface area contributed by atoms with Crippen molar-refractivity contribution in [2.24, 2.45) is 0 Å². The number of aliphatic hydroxyl groups excluding tert-OH is 1. The Bertz CT molecular complexity index is 685. The number of aromatic nitrogens is 1. The van der Waals surface area contributed by atoms with E-state index in [4.69, 9.17) is 16.1 Å². The maximum absolute atomic E-state index is 12.3. The van der Waals surface area contributed by atoms with Crippen molar-refractivity contribution in [2.75, 3.05) is 4.90 Å². The van der Waals surface area contributed by atoms with Gasteiger partial charge in [0.1, 0.15) is 16.7 Å². The summed E-state index contributed by atoms with van der Waals surface area (Å²) in [4.78, 5) is 13.3. The number of carbonyl (C=O) groups excluding carboxylic acids is 1. The van der Waals surface area contributed by atoms with E-state index in [2.05, 4.69) is 5.16 Å². The zero-order valence-electron chi connectivity index (χ0n) is 13.0. The van der Waals surface area contributed by atoms with Crippen molar-refractivity contribution in [3.8, 4) is 6.07 Å². The monoisotopic (exact) mass is 323 g/mol. The molecule has 1 aliphatic rings. The molecule has 118 valence electrons. The van der Waals surface area contributed by atoms with Crippen LogP contribution in [0, 0.1) is 11.3 Å². The SMILES string of the molecule is CCC1=C(Cl)C(=O)N(c2noc(C(C)(C)CC)c2C#N)C1O. The van der Waals surface area contributed by atoms with Gasteiger partial charge in [0.25, 0.3) is 5.91 Å². The van der Waals surface area contributed by atoms with Gasteiger partial charge >= 0.3 is 0 Å². The highest BCUT2D eigenvalue weighted by Gasteiger charge is 2.42. The van der Waals surface area contributed by atoms with Gasteiger partial charge < -0.3 is 9.63 Å². The van der Waals surface area contributed by atoms with Crippen LogP contribution in [-0.2, 0) is 10.2 Å². The van der Waals surface area contributed by atoms with Crippen LogP contribution in [0.3, 0.4) is 0 Å². The second kappa shape index (κ2) is 5.75. The first-order valence-corrected chi connectivity index (χ1v) is 7.48. The predicted octanol–water partition coefficient (Wildman–Crippen LogP) is 2.80. The molecule has 1 amide bonds. The molecule has 1 aromatic heterocycles. The molecule has 0 spiro atoms. The van der Waals surface area contributed by atoms with E-state index in [1.165, 1.54) is 0 Å². The van der Waals surface area contributed by atoms with Crippen LogP contribution in [0.25, 0.3) is 0 Å². The fraction of sp³-hybridized carbons (Fsp3) is 0.533. The minimum atomic E-state index is -1.22. The normalized spacial score (nSPS) is 19.0. The molecule has 0 saturated heterocycles. The van der Waals surface area contributed by atoms with Gasteiger partial charge in [0.05, 0.1) is 0 Å². The first-order chi connectivity index (χ1) is 10.3. The van der Waals surface area contributed by atoms with Crippen LogP contribution in [0.1, 0.15) is 51.9 Å². The number of nitrogens with zero attached hydrogens (tertiary/aromatic N) is 3. The van der Waals surface area contributed by atoms with Crippen LogP contribution >= 0.6 is 11.6 Å². The number of rotatable bonds is 4. The minimum Gasteiger partial charge on any atom is -0.369 e. The Hall–Kier alpha value is -1.84. The average Bonchev–Trinajstić information content (AvgIpc) is 2.99. The summed E-state index contributed by atoms with van der Waals surface area (Å²) >= 11 is 5.97. The Balaban J connectivity index is 2.53. The summed E-state index contributed by atoms with van der Waals surface area (Å²) < 4.78 is 5.32. The molecular formula is C15H18ClN3O3. The molecule has 2 rings (SSSR count). The summed E-state index contributed by atoms with van der Waals surface area (Å²) in [7, 11) is 0. The molecule has 1 aliphatic heterocycles. The van der Waals surface area contributed by atoms with Crippen molar-refractivity contribution >= 4 is 23.3 Å². The molecule has 1 unspecified atom stereocenters. The number of aliphatic hydroxyl groups is 1. The van der Waals surface area contributed by atoms with Crippen LogP contribution in [0.15, 0.2) is 15.1 Å². The van der Waals surface area contributed by atoms with Gasteiger partial charge in [-0.3, -0.25) is 9.69 Å². The van der Waals surface area contributed by atoms with Gasteiger partial charge in [0.2, 0.25) is 0 Å². The van der Waals surface area contributed by atoms with Gasteiger partial charge in [-0.05, 0) is 12.8 Å². The standard InChI is InChI=1S/C15H18ClN3O3/c1-5-8-10(16)14(21)19(13(8)20)12-9(7-17)11(22-18-12)15(3,4)6-2/h13,20H,5-6H2,1-4H3. The number of carbonyl (C=O) groups is 1. The third kappa shape index (κ3) is 2.31. The first kappa shape index (κ1) is 16.5. The van der Waals surface area contributed by atoms with Crippen molar-refractivity contribution in [2.45, 2.75) is 52.2 Å². The van der Waals surface area contributed by atoms with Gasteiger partial charge in [-0.1, -0.05) is 44.5 Å². The number of nitriles is 1. The molecule has 0 aliphatic carbocycles. The lowest BCUT2D eigenvalue weighted by atomic mass is 9.85. The van der Waals surface area contributed by atoms with E-state index in [1.54, 1.807) is 6.92 Å². The smallest absolute Gasteiger partial charge is 0.273 e. The number of hydrogen-bond acceptors (Lipinski definition) is 5. The second-order valence-corrected chi connectivity index (χ2v) is 6.18. The Morgan fingerprint density at radius 3 is 2.59 bits per heavy atom. The highest BCUT2D eigenvalue weighted by molar-refractivity contribution is 6.45. The fourth-order valence-corrected chi connectivity index (χ4v) is 2.66. The van der Waals surface area contributed by atoms with Crippen molar-refractivity contribution in [1.82, 2.24) is 5.16 Å². The summed E-state index contributed by atoms with van der Waals surface area (Å²) in [5.74, 6) is -0.164. The van der Waals surface area contributed by atoms with E-state index in [9.17, 15) is 15.2 Å². The van der Waals surface area contributed by atoms with Crippen LogP contribution in [0.2, 0.25) is 0 Å². The molecule has 0 bridgehead atoms. The molecular weight excluding hydrogens is 306 g/mol. The molecule has 22 heavy (non-hydrogen) atoms. The van der Waals surface area contributed by atoms with Gasteiger partial charge in [0.15, 0.2) is 17.8 Å². The maximum atomic E-state index is 12.3. The highest BCUT2D eigenvalue weighted by Crippen LogP contribution is 2.38. The van der Waals surface area contributed by atoms with Crippen LogP contribution in [-0.4, -0.2) is 22.4 Å². The lowest BCUT2D eigenvalue weighted by molar-refractivity contribution is -0.115. The van der Waals surface area contributed by atoms with Gasteiger partial charge in [-0.2, -0.15) is 5.26 Å². The fourth-order valence-electron chi connectivity index (χ4n) is 2.34. The minimum absolute atomic E-state index is 0.0122. The topological polar surface area (TPSA) is 90.4 Å². The molecule has 0 fully saturated rings. The van der Waals surface area contributed by atoms with Crippen LogP contribution in [0.4, 0.5) is 5.82 Å².